The van der Waals surface area contributed by atoms with Gasteiger partial charge in [0.05, 0.1) is 17.8 Å². The maximum Gasteiger partial charge on any atom is 0.311 e. The summed E-state index contributed by atoms with van der Waals surface area (Å²) in [6, 6.07) is 0. The lowest BCUT2D eigenvalue weighted by molar-refractivity contribution is -0.139. The lowest BCUT2D eigenvalue weighted by Gasteiger charge is -2.20. The summed E-state index contributed by atoms with van der Waals surface area (Å²) in [6.07, 6.45) is 3.46. The predicted molar refractivity (Wildman–Crippen MR) is 64.1 cm³/mol. The Bertz CT molecular complexity index is 241. The second-order valence-corrected chi connectivity index (χ2v) is 5.35. The summed E-state index contributed by atoms with van der Waals surface area (Å²) in [5.41, 5.74) is 0.482. The van der Waals surface area contributed by atoms with E-state index in [0.29, 0.717) is 5.75 Å². The summed E-state index contributed by atoms with van der Waals surface area (Å²) in [6.45, 7) is 7.59. The van der Waals surface area contributed by atoms with Crippen LogP contribution in [0, 0.1) is 5.92 Å². The Morgan fingerprint density at radius 1 is 1.53 bits per heavy atom. The molecule has 0 saturated carbocycles. The molecule has 0 bridgehead atoms. The number of aliphatic carboxylic acids is 1. The molecule has 0 saturated heterocycles. The van der Waals surface area contributed by atoms with Crippen molar-refractivity contribution < 1.29 is 14.6 Å². The third kappa shape index (κ3) is 6.44. The molecule has 0 aromatic heterocycles. The molecule has 0 aromatic carbocycles. The van der Waals surface area contributed by atoms with Crippen LogP contribution in [0.3, 0.4) is 0 Å². The molecule has 88 valence electrons. The molecule has 0 aliphatic rings. The second kappa shape index (κ2) is 6.05. The van der Waals surface area contributed by atoms with Gasteiger partial charge < -0.3 is 9.84 Å². The predicted octanol–water partition coefficient (Wildman–Crippen LogP) is 2.77. The highest BCUT2D eigenvalue weighted by Gasteiger charge is 2.19. The van der Waals surface area contributed by atoms with Crippen LogP contribution in [0.15, 0.2) is 11.8 Å². The highest BCUT2D eigenvalue weighted by Crippen LogP contribution is 2.18. The standard InChI is InChI=1S/C11H20O3S/c1-8(6-14-11(2,3)4)9(7-15-5)10(12)13/h6,9H,7H2,1-5H3,(H,12,13)/b8-6+/t9-/m0/s1. The van der Waals surface area contributed by atoms with Gasteiger partial charge in [0.1, 0.15) is 0 Å². The number of carbonyl (C=O) groups is 1. The topological polar surface area (TPSA) is 46.5 Å². The fourth-order valence-electron chi connectivity index (χ4n) is 0.916. The van der Waals surface area contributed by atoms with Crippen molar-refractivity contribution in [3.63, 3.8) is 0 Å². The van der Waals surface area contributed by atoms with Gasteiger partial charge in [-0.15, -0.1) is 0 Å². The van der Waals surface area contributed by atoms with Crippen molar-refractivity contribution in [3.8, 4) is 0 Å². The van der Waals surface area contributed by atoms with E-state index in [-0.39, 0.29) is 5.60 Å². The van der Waals surface area contributed by atoms with E-state index in [4.69, 9.17) is 9.84 Å². The van der Waals surface area contributed by atoms with Crippen LogP contribution in [-0.4, -0.2) is 28.7 Å². The van der Waals surface area contributed by atoms with Gasteiger partial charge in [-0.25, -0.2) is 0 Å². The number of thioether (sulfide) groups is 1. The molecule has 0 fully saturated rings. The Morgan fingerprint density at radius 2 is 2.07 bits per heavy atom. The summed E-state index contributed by atoms with van der Waals surface area (Å²) >= 11 is 1.52. The molecule has 0 aliphatic carbocycles. The molecule has 0 rings (SSSR count). The van der Waals surface area contributed by atoms with Crippen LogP contribution in [0.1, 0.15) is 27.7 Å². The third-order valence-corrected chi connectivity index (χ3v) is 2.45. The van der Waals surface area contributed by atoms with E-state index in [1.807, 2.05) is 27.0 Å². The highest BCUT2D eigenvalue weighted by molar-refractivity contribution is 7.98. The summed E-state index contributed by atoms with van der Waals surface area (Å²) in [7, 11) is 0. The lowest BCUT2D eigenvalue weighted by Crippen LogP contribution is -2.20. The van der Waals surface area contributed by atoms with Gasteiger partial charge in [0.15, 0.2) is 0 Å². The Labute approximate surface area is 95.9 Å². The molecule has 0 heterocycles. The van der Waals surface area contributed by atoms with E-state index in [1.165, 1.54) is 11.8 Å². The zero-order valence-electron chi connectivity index (χ0n) is 10.0. The van der Waals surface area contributed by atoms with Crippen LogP contribution in [0.4, 0.5) is 0 Å². The average molecular weight is 232 g/mol. The summed E-state index contributed by atoms with van der Waals surface area (Å²) in [4.78, 5) is 10.9. The average Bonchev–Trinajstić information content (AvgIpc) is 2.08. The lowest BCUT2D eigenvalue weighted by atomic mass is 10.0. The molecule has 0 aromatic rings. The molecule has 0 radical (unpaired) electrons. The van der Waals surface area contributed by atoms with E-state index >= 15 is 0 Å². The number of hydrogen-bond donors (Lipinski definition) is 1. The SMILES string of the molecule is CSC[C@H](C(=O)O)/C(C)=C/OC(C)(C)C. The fourth-order valence-corrected chi connectivity index (χ4v) is 1.65. The van der Waals surface area contributed by atoms with E-state index in [1.54, 1.807) is 13.2 Å². The van der Waals surface area contributed by atoms with Gasteiger partial charge in [-0.1, -0.05) is 0 Å². The van der Waals surface area contributed by atoms with Gasteiger partial charge >= 0.3 is 5.97 Å². The fraction of sp³-hybridized carbons (Fsp3) is 0.727. The third-order valence-electron chi connectivity index (χ3n) is 1.78. The maximum atomic E-state index is 10.9. The number of hydrogen-bond acceptors (Lipinski definition) is 3. The van der Waals surface area contributed by atoms with Crippen molar-refractivity contribution in [2.45, 2.75) is 33.3 Å². The first-order valence-corrected chi connectivity index (χ1v) is 6.23. The van der Waals surface area contributed by atoms with Gasteiger partial charge in [-0.2, -0.15) is 11.8 Å². The molecule has 3 nitrogen and oxygen atoms in total. The number of rotatable bonds is 5. The molecular weight excluding hydrogens is 212 g/mol. The minimum Gasteiger partial charge on any atom is -0.496 e. The molecule has 0 amide bonds. The Hall–Kier alpha value is -0.640. The largest absolute Gasteiger partial charge is 0.496 e. The molecule has 15 heavy (non-hydrogen) atoms. The van der Waals surface area contributed by atoms with Gasteiger partial charge in [0, 0.05) is 5.75 Å². The van der Waals surface area contributed by atoms with Crippen LogP contribution in [-0.2, 0) is 9.53 Å². The van der Waals surface area contributed by atoms with Crippen molar-refractivity contribution in [1.82, 2.24) is 0 Å². The zero-order chi connectivity index (χ0) is 12.1. The van der Waals surface area contributed by atoms with Crippen LogP contribution in [0.2, 0.25) is 0 Å². The Kier molecular flexibility index (Phi) is 5.80. The number of ether oxygens (including phenoxy) is 1. The molecule has 0 aliphatic heterocycles. The van der Waals surface area contributed by atoms with Crippen molar-refractivity contribution in [2.75, 3.05) is 12.0 Å². The molecule has 1 N–H and O–H groups in total. The van der Waals surface area contributed by atoms with Crippen molar-refractivity contribution in [3.05, 3.63) is 11.8 Å². The molecule has 0 spiro atoms. The van der Waals surface area contributed by atoms with Crippen LogP contribution in [0.5, 0.6) is 0 Å². The summed E-state index contributed by atoms with van der Waals surface area (Å²) in [5.74, 6) is -0.677. The van der Waals surface area contributed by atoms with Crippen molar-refractivity contribution >= 4 is 17.7 Å². The van der Waals surface area contributed by atoms with E-state index < -0.39 is 11.9 Å². The Morgan fingerprint density at radius 3 is 2.40 bits per heavy atom. The summed E-state index contributed by atoms with van der Waals surface area (Å²) < 4.78 is 5.43. The van der Waals surface area contributed by atoms with Crippen molar-refractivity contribution in [2.24, 2.45) is 5.92 Å². The van der Waals surface area contributed by atoms with Gasteiger partial charge in [0.2, 0.25) is 0 Å². The molecule has 4 heteroatoms. The quantitative estimate of drug-likeness (QED) is 0.740. The first-order valence-electron chi connectivity index (χ1n) is 4.84. The minimum absolute atomic E-state index is 0.274. The second-order valence-electron chi connectivity index (χ2n) is 4.44. The van der Waals surface area contributed by atoms with E-state index in [2.05, 4.69) is 0 Å². The van der Waals surface area contributed by atoms with Gasteiger partial charge in [-0.3, -0.25) is 4.79 Å². The Balaban J connectivity index is 4.49. The van der Waals surface area contributed by atoms with Crippen LogP contribution >= 0.6 is 11.8 Å². The molecule has 1 atom stereocenters. The van der Waals surface area contributed by atoms with E-state index in [0.717, 1.165) is 5.57 Å². The monoisotopic (exact) mass is 232 g/mol. The van der Waals surface area contributed by atoms with Gasteiger partial charge in [-0.05, 0) is 39.5 Å². The number of carboxylic acid groups (broad SMARTS) is 1. The minimum atomic E-state index is -0.796. The van der Waals surface area contributed by atoms with Crippen LogP contribution in [0.25, 0.3) is 0 Å². The van der Waals surface area contributed by atoms with E-state index in [9.17, 15) is 4.79 Å². The van der Waals surface area contributed by atoms with Gasteiger partial charge in [0.25, 0.3) is 0 Å². The molecule has 0 unspecified atom stereocenters. The highest BCUT2D eigenvalue weighted by atomic mass is 32.2. The van der Waals surface area contributed by atoms with Crippen LogP contribution < -0.4 is 0 Å². The van der Waals surface area contributed by atoms with Crippen molar-refractivity contribution in [1.29, 1.82) is 0 Å². The smallest absolute Gasteiger partial charge is 0.311 e. The number of carboxylic acids is 1. The first-order chi connectivity index (χ1) is 6.78. The normalized spacial score (nSPS) is 14.9. The zero-order valence-corrected chi connectivity index (χ0v) is 10.9. The summed E-state index contributed by atoms with van der Waals surface area (Å²) in [5, 5.41) is 8.99. The first kappa shape index (κ1) is 14.4. The molecular formula is C11H20O3S. The maximum absolute atomic E-state index is 10.9.